The zero-order valence-corrected chi connectivity index (χ0v) is 9.79. The first-order valence-corrected chi connectivity index (χ1v) is 6.17. The highest BCUT2D eigenvalue weighted by molar-refractivity contribution is 5.54. The van der Waals surface area contributed by atoms with Crippen LogP contribution < -0.4 is 5.32 Å². The average molecular weight is 236 g/mol. The van der Waals surface area contributed by atoms with Crippen molar-refractivity contribution in [2.45, 2.75) is 12.5 Å². The molecule has 92 valence electrons. The third-order valence-corrected chi connectivity index (χ3v) is 3.65. The van der Waals surface area contributed by atoms with E-state index in [0.717, 1.165) is 50.5 Å². The predicted octanol–water partition coefficient (Wildman–Crippen LogP) is 1.49. The van der Waals surface area contributed by atoms with Crippen molar-refractivity contribution in [3.05, 3.63) is 29.6 Å². The zero-order chi connectivity index (χ0) is 11.7. The standard InChI is InChI=1S/C13H17FN2O/c14-12-2-1-3-13-11(12)8-10(9-15-13)16-4-6-17-7-5-16/h1-3,10,15H,4-9H2. The first-order chi connectivity index (χ1) is 8.34. The highest BCUT2D eigenvalue weighted by atomic mass is 19.1. The minimum atomic E-state index is -0.0899. The minimum Gasteiger partial charge on any atom is -0.383 e. The zero-order valence-electron chi connectivity index (χ0n) is 9.79. The van der Waals surface area contributed by atoms with E-state index < -0.39 is 0 Å². The molecule has 1 unspecified atom stereocenters. The van der Waals surface area contributed by atoms with Gasteiger partial charge in [0.25, 0.3) is 0 Å². The van der Waals surface area contributed by atoms with Crippen LogP contribution in [-0.2, 0) is 11.2 Å². The fraction of sp³-hybridized carbons (Fsp3) is 0.538. The van der Waals surface area contributed by atoms with E-state index in [4.69, 9.17) is 4.74 Å². The van der Waals surface area contributed by atoms with E-state index in [2.05, 4.69) is 10.2 Å². The second-order valence-corrected chi connectivity index (χ2v) is 4.65. The molecule has 0 aromatic heterocycles. The number of morpholine rings is 1. The van der Waals surface area contributed by atoms with Gasteiger partial charge in [-0.05, 0) is 18.6 Å². The molecular formula is C13H17FN2O. The second-order valence-electron chi connectivity index (χ2n) is 4.65. The van der Waals surface area contributed by atoms with E-state index >= 15 is 0 Å². The highest BCUT2D eigenvalue weighted by Crippen LogP contribution is 2.26. The molecule has 0 spiro atoms. The van der Waals surface area contributed by atoms with Gasteiger partial charge in [-0.25, -0.2) is 4.39 Å². The second kappa shape index (κ2) is 4.63. The molecule has 0 aliphatic carbocycles. The van der Waals surface area contributed by atoms with Crippen LogP contribution in [-0.4, -0.2) is 43.8 Å². The number of benzene rings is 1. The summed E-state index contributed by atoms with van der Waals surface area (Å²) in [6, 6.07) is 5.65. The van der Waals surface area contributed by atoms with Gasteiger partial charge in [0.2, 0.25) is 0 Å². The molecular weight excluding hydrogens is 219 g/mol. The largest absolute Gasteiger partial charge is 0.383 e. The van der Waals surface area contributed by atoms with Crippen molar-refractivity contribution in [2.24, 2.45) is 0 Å². The van der Waals surface area contributed by atoms with Crippen molar-refractivity contribution in [1.82, 2.24) is 4.90 Å². The third-order valence-electron chi connectivity index (χ3n) is 3.65. The Morgan fingerprint density at radius 2 is 2.12 bits per heavy atom. The molecule has 1 N–H and O–H groups in total. The van der Waals surface area contributed by atoms with Crippen LogP contribution in [0.5, 0.6) is 0 Å². The number of fused-ring (bicyclic) bond motifs is 1. The molecule has 4 heteroatoms. The normalized spacial score (nSPS) is 25.1. The number of rotatable bonds is 1. The van der Waals surface area contributed by atoms with Gasteiger partial charge in [-0.2, -0.15) is 0 Å². The van der Waals surface area contributed by atoms with Crippen LogP contribution in [0, 0.1) is 5.82 Å². The molecule has 0 radical (unpaired) electrons. The quantitative estimate of drug-likeness (QED) is 0.799. The van der Waals surface area contributed by atoms with Gasteiger partial charge >= 0.3 is 0 Å². The Labute approximate surface area is 101 Å². The van der Waals surface area contributed by atoms with Crippen LogP contribution >= 0.6 is 0 Å². The van der Waals surface area contributed by atoms with Gasteiger partial charge in [-0.15, -0.1) is 0 Å². The van der Waals surface area contributed by atoms with Crippen molar-refractivity contribution < 1.29 is 9.13 Å². The molecule has 0 bridgehead atoms. The minimum absolute atomic E-state index is 0.0899. The Morgan fingerprint density at radius 1 is 1.29 bits per heavy atom. The Kier molecular flexibility index (Phi) is 2.99. The summed E-state index contributed by atoms with van der Waals surface area (Å²) < 4.78 is 19.1. The maximum atomic E-state index is 13.7. The molecule has 2 aliphatic rings. The Hall–Kier alpha value is -1.13. The fourth-order valence-corrected chi connectivity index (χ4v) is 2.67. The van der Waals surface area contributed by atoms with Gasteiger partial charge in [0.05, 0.1) is 13.2 Å². The average Bonchev–Trinajstić information content (AvgIpc) is 2.40. The summed E-state index contributed by atoms with van der Waals surface area (Å²) >= 11 is 0. The van der Waals surface area contributed by atoms with Gasteiger partial charge in [-0.3, -0.25) is 4.90 Å². The number of halogens is 1. The van der Waals surface area contributed by atoms with Crippen molar-refractivity contribution >= 4 is 5.69 Å². The van der Waals surface area contributed by atoms with Crippen LogP contribution in [0.4, 0.5) is 10.1 Å². The van der Waals surface area contributed by atoms with E-state index in [1.165, 1.54) is 0 Å². The number of anilines is 1. The molecule has 1 fully saturated rings. The topological polar surface area (TPSA) is 24.5 Å². The summed E-state index contributed by atoms with van der Waals surface area (Å²) in [5, 5.41) is 3.33. The van der Waals surface area contributed by atoms with E-state index in [9.17, 15) is 4.39 Å². The van der Waals surface area contributed by atoms with Crippen molar-refractivity contribution in [1.29, 1.82) is 0 Å². The monoisotopic (exact) mass is 236 g/mol. The summed E-state index contributed by atoms with van der Waals surface area (Å²) in [5.74, 6) is -0.0899. The first-order valence-electron chi connectivity index (χ1n) is 6.17. The van der Waals surface area contributed by atoms with Crippen LogP contribution in [0.1, 0.15) is 5.56 Å². The molecule has 0 saturated carbocycles. The summed E-state index contributed by atoms with van der Waals surface area (Å²) in [5.41, 5.74) is 1.78. The number of hydrogen-bond acceptors (Lipinski definition) is 3. The van der Waals surface area contributed by atoms with E-state index in [1.807, 2.05) is 6.07 Å². The van der Waals surface area contributed by atoms with Gasteiger partial charge in [-0.1, -0.05) is 6.07 Å². The molecule has 3 nitrogen and oxygen atoms in total. The van der Waals surface area contributed by atoms with E-state index in [-0.39, 0.29) is 5.82 Å². The third kappa shape index (κ3) is 2.15. The Balaban J connectivity index is 1.77. The smallest absolute Gasteiger partial charge is 0.128 e. The Morgan fingerprint density at radius 3 is 2.94 bits per heavy atom. The lowest BCUT2D eigenvalue weighted by atomic mass is 9.97. The number of nitrogens with zero attached hydrogens (tertiary/aromatic N) is 1. The summed E-state index contributed by atoms with van der Waals surface area (Å²) in [6.45, 7) is 4.39. The summed E-state index contributed by atoms with van der Waals surface area (Å²) in [6.07, 6.45) is 0.801. The highest BCUT2D eigenvalue weighted by Gasteiger charge is 2.26. The van der Waals surface area contributed by atoms with Crippen LogP contribution in [0.2, 0.25) is 0 Å². The summed E-state index contributed by atoms with van der Waals surface area (Å²) in [4.78, 5) is 2.39. The molecule has 17 heavy (non-hydrogen) atoms. The van der Waals surface area contributed by atoms with Gasteiger partial charge in [0.15, 0.2) is 0 Å². The van der Waals surface area contributed by atoms with Crippen LogP contribution in [0.3, 0.4) is 0 Å². The van der Waals surface area contributed by atoms with E-state index in [1.54, 1.807) is 12.1 Å². The lowest BCUT2D eigenvalue weighted by Crippen LogP contribution is -2.49. The maximum Gasteiger partial charge on any atom is 0.128 e. The van der Waals surface area contributed by atoms with Gasteiger partial charge in [0.1, 0.15) is 5.82 Å². The molecule has 1 saturated heterocycles. The molecule has 1 aromatic rings. The molecule has 3 rings (SSSR count). The molecule has 2 aliphatic heterocycles. The molecule has 1 aromatic carbocycles. The first kappa shape index (κ1) is 11.0. The van der Waals surface area contributed by atoms with Crippen molar-refractivity contribution in [3.63, 3.8) is 0 Å². The molecule has 0 amide bonds. The number of nitrogens with one attached hydrogen (secondary N) is 1. The maximum absolute atomic E-state index is 13.7. The SMILES string of the molecule is Fc1cccc2c1CC(N1CCOCC1)CN2. The van der Waals surface area contributed by atoms with Crippen molar-refractivity contribution in [2.75, 3.05) is 38.2 Å². The Bertz CT molecular complexity index is 404. The van der Waals surface area contributed by atoms with Crippen LogP contribution in [0.25, 0.3) is 0 Å². The predicted molar refractivity (Wildman–Crippen MR) is 64.8 cm³/mol. The molecule has 2 heterocycles. The lowest BCUT2D eigenvalue weighted by molar-refractivity contribution is 0.0185. The summed E-state index contributed by atoms with van der Waals surface area (Å²) in [7, 11) is 0. The van der Waals surface area contributed by atoms with Gasteiger partial charge in [0, 0.05) is 36.9 Å². The fourth-order valence-electron chi connectivity index (χ4n) is 2.67. The van der Waals surface area contributed by atoms with E-state index in [0.29, 0.717) is 6.04 Å². The lowest BCUT2D eigenvalue weighted by Gasteiger charge is -2.37. The van der Waals surface area contributed by atoms with Crippen LogP contribution in [0.15, 0.2) is 18.2 Å². The van der Waals surface area contributed by atoms with Crippen molar-refractivity contribution in [3.8, 4) is 0 Å². The van der Waals surface area contributed by atoms with Gasteiger partial charge < -0.3 is 10.1 Å². The number of hydrogen-bond donors (Lipinski definition) is 1. The molecule has 1 atom stereocenters. The number of ether oxygens (including phenoxy) is 1.